The lowest BCUT2D eigenvalue weighted by Crippen LogP contribution is -2.06. The third-order valence-electron chi connectivity index (χ3n) is 2.88. The maximum atomic E-state index is 13.2. The smallest absolute Gasteiger partial charge is 0.128 e. The average Bonchev–Trinajstić information content (AvgIpc) is 2.49. The van der Waals surface area contributed by atoms with E-state index in [0.29, 0.717) is 30.1 Å². The SMILES string of the molecule is C/C(=N/O)c1cc(F)ccc1OCCc1ccncc1. The van der Waals surface area contributed by atoms with Crippen LogP contribution in [0.2, 0.25) is 0 Å². The number of hydrogen-bond acceptors (Lipinski definition) is 4. The minimum absolute atomic E-state index is 0.309. The molecule has 20 heavy (non-hydrogen) atoms. The molecule has 0 aliphatic carbocycles. The fraction of sp³-hybridized carbons (Fsp3) is 0.200. The highest BCUT2D eigenvalue weighted by atomic mass is 19.1. The first-order chi connectivity index (χ1) is 9.70. The van der Waals surface area contributed by atoms with Crippen molar-refractivity contribution in [1.29, 1.82) is 0 Å². The Morgan fingerprint density at radius 2 is 2.05 bits per heavy atom. The van der Waals surface area contributed by atoms with Crippen LogP contribution in [0.15, 0.2) is 47.9 Å². The molecule has 5 heteroatoms. The summed E-state index contributed by atoms with van der Waals surface area (Å²) in [6.45, 7) is 2.03. The van der Waals surface area contributed by atoms with Crippen molar-refractivity contribution in [1.82, 2.24) is 4.98 Å². The topological polar surface area (TPSA) is 54.7 Å². The van der Waals surface area contributed by atoms with Crippen LogP contribution in [0, 0.1) is 5.82 Å². The Bertz CT molecular complexity index is 600. The lowest BCUT2D eigenvalue weighted by Gasteiger charge is -2.11. The monoisotopic (exact) mass is 274 g/mol. The molecule has 1 aromatic carbocycles. The lowest BCUT2D eigenvalue weighted by atomic mass is 10.1. The molecule has 1 heterocycles. The minimum Gasteiger partial charge on any atom is -0.493 e. The average molecular weight is 274 g/mol. The molecule has 2 aromatic rings. The zero-order chi connectivity index (χ0) is 14.4. The van der Waals surface area contributed by atoms with E-state index in [1.54, 1.807) is 19.3 Å². The van der Waals surface area contributed by atoms with E-state index in [9.17, 15) is 4.39 Å². The molecule has 0 bridgehead atoms. The van der Waals surface area contributed by atoms with Crippen LogP contribution >= 0.6 is 0 Å². The summed E-state index contributed by atoms with van der Waals surface area (Å²) in [6, 6.07) is 7.96. The van der Waals surface area contributed by atoms with Crippen molar-refractivity contribution in [3.8, 4) is 5.75 Å². The molecule has 0 radical (unpaired) electrons. The summed E-state index contributed by atoms with van der Waals surface area (Å²) >= 11 is 0. The molecule has 104 valence electrons. The van der Waals surface area contributed by atoms with Crippen LogP contribution in [0.25, 0.3) is 0 Å². The number of halogens is 1. The summed E-state index contributed by atoms with van der Waals surface area (Å²) in [4.78, 5) is 3.94. The molecule has 0 saturated carbocycles. The van der Waals surface area contributed by atoms with Crippen LogP contribution in [0.3, 0.4) is 0 Å². The summed E-state index contributed by atoms with van der Waals surface area (Å²) in [5, 5.41) is 11.9. The van der Waals surface area contributed by atoms with Crippen molar-refractivity contribution < 1.29 is 14.3 Å². The van der Waals surface area contributed by atoms with E-state index in [0.717, 1.165) is 5.56 Å². The largest absolute Gasteiger partial charge is 0.493 e. The first kappa shape index (κ1) is 14.0. The Morgan fingerprint density at radius 3 is 2.75 bits per heavy atom. The highest BCUT2D eigenvalue weighted by Gasteiger charge is 2.09. The molecule has 0 fully saturated rings. The number of benzene rings is 1. The molecule has 0 saturated heterocycles. The predicted octanol–water partition coefficient (Wildman–Crippen LogP) is 3.04. The van der Waals surface area contributed by atoms with Crippen molar-refractivity contribution in [2.75, 3.05) is 6.61 Å². The quantitative estimate of drug-likeness (QED) is 0.518. The second-order valence-electron chi connectivity index (χ2n) is 4.28. The fourth-order valence-corrected chi connectivity index (χ4v) is 1.79. The lowest BCUT2D eigenvalue weighted by molar-refractivity contribution is 0.313. The molecular weight excluding hydrogens is 259 g/mol. The van der Waals surface area contributed by atoms with Gasteiger partial charge in [-0.15, -0.1) is 0 Å². The van der Waals surface area contributed by atoms with E-state index in [1.807, 2.05) is 12.1 Å². The molecule has 0 aliphatic rings. The van der Waals surface area contributed by atoms with E-state index in [2.05, 4.69) is 10.1 Å². The Kier molecular flexibility index (Phi) is 4.65. The summed E-state index contributed by atoms with van der Waals surface area (Å²) < 4.78 is 18.9. The van der Waals surface area contributed by atoms with Gasteiger partial charge in [-0.3, -0.25) is 4.98 Å². The predicted molar refractivity (Wildman–Crippen MR) is 73.8 cm³/mol. The van der Waals surface area contributed by atoms with Crippen LogP contribution in [-0.2, 0) is 6.42 Å². The van der Waals surface area contributed by atoms with Crippen LogP contribution in [0.1, 0.15) is 18.1 Å². The third kappa shape index (κ3) is 3.54. The van der Waals surface area contributed by atoms with Gasteiger partial charge in [0, 0.05) is 24.4 Å². The first-order valence-electron chi connectivity index (χ1n) is 6.21. The second kappa shape index (κ2) is 6.65. The molecule has 0 spiro atoms. The molecule has 1 aromatic heterocycles. The summed E-state index contributed by atoms with van der Waals surface area (Å²) in [5.74, 6) is 0.0974. The number of ether oxygens (including phenoxy) is 1. The maximum Gasteiger partial charge on any atom is 0.128 e. The van der Waals surface area contributed by atoms with Gasteiger partial charge >= 0.3 is 0 Å². The van der Waals surface area contributed by atoms with Crippen molar-refractivity contribution in [2.45, 2.75) is 13.3 Å². The molecular formula is C15H15FN2O2. The first-order valence-corrected chi connectivity index (χ1v) is 6.21. The van der Waals surface area contributed by atoms with E-state index in [-0.39, 0.29) is 0 Å². The van der Waals surface area contributed by atoms with Gasteiger partial charge in [0.15, 0.2) is 0 Å². The number of oxime groups is 1. The van der Waals surface area contributed by atoms with Crippen LogP contribution in [0.4, 0.5) is 4.39 Å². The summed E-state index contributed by atoms with van der Waals surface area (Å²) in [5.41, 5.74) is 1.86. The zero-order valence-electron chi connectivity index (χ0n) is 11.1. The molecule has 0 atom stereocenters. The number of aromatic nitrogens is 1. The number of pyridine rings is 1. The van der Waals surface area contributed by atoms with Crippen molar-refractivity contribution in [2.24, 2.45) is 5.16 Å². The minimum atomic E-state index is -0.399. The normalized spacial score (nSPS) is 11.4. The molecule has 4 nitrogen and oxygen atoms in total. The van der Waals surface area contributed by atoms with Crippen LogP contribution in [-0.4, -0.2) is 22.5 Å². The van der Waals surface area contributed by atoms with Crippen molar-refractivity contribution >= 4 is 5.71 Å². The summed E-state index contributed by atoms with van der Waals surface area (Å²) in [7, 11) is 0. The van der Waals surface area contributed by atoms with Gasteiger partial charge in [-0.25, -0.2) is 4.39 Å². The van der Waals surface area contributed by atoms with Crippen LogP contribution in [0.5, 0.6) is 5.75 Å². The van der Waals surface area contributed by atoms with Gasteiger partial charge in [0.1, 0.15) is 11.6 Å². The Labute approximate surface area is 116 Å². The van der Waals surface area contributed by atoms with Gasteiger partial charge in [-0.1, -0.05) is 5.16 Å². The van der Waals surface area contributed by atoms with Crippen molar-refractivity contribution in [3.63, 3.8) is 0 Å². The van der Waals surface area contributed by atoms with E-state index in [1.165, 1.54) is 18.2 Å². The zero-order valence-corrected chi connectivity index (χ0v) is 11.1. The van der Waals surface area contributed by atoms with E-state index >= 15 is 0 Å². The third-order valence-corrected chi connectivity index (χ3v) is 2.88. The van der Waals surface area contributed by atoms with E-state index < -0.39 is 5.82 Å². The van der Waals surface area contributed by atoms with Gasteiger partial charge in [-0.05, 0) is 42.8 Å². The summed E-state index contributed by atoms with van der Waals surface area (Å²) in [6.07, 6.45) is 4.16. The Hall–Kier alpha value is -2.43. The molecule has 1 N–H and O–H groups in total. The molecule has 0 unspecified atom stereocenters. The van der Waals surface area contributed by atoms with Gasteiger partial charge in [0.25, 0.3) is 0 Å². The maximum absolute atomic E-state index is 13.2. The Morgan fingerprint density at radius 1 is 1.30 bits per heavy atom. The fourth-order valence-electron chi connectivity index (χ4n) is 1.79. The Balaban J connectivity index is 2.06. The van der Waals surface area contributed by atoms with Gasteiger partial charge in [0.2, 0.25) is 0 Å². The molecule has 0 amide bonds. The van der Waals surface area contributed by atoms with Gasteiger partial charge in [0.05, 0.1) is 12.3 Å². The van der Waals surface area contributed by atoms with Crippen LogP contribution < -0.4 is 4.74 Å². The molecule has 0 aliphatic heterocycles. The number of nitrogens with zero attached hydrogens (tertiary/aromatic N) is 2. The second-order valence-corrected chi connectivity index (χ2v) is 4.28. The van der Waals surface area contributed by atoms with E-state index in [4.69, 9.17) is 9.94 Å². The van der Waals surface area contributed by atoms with Gasteiger partial charge in [-0.2, -0.15) is 0 Å². The van der Waals surface area contributed by atoms with Crippen molar-refractivity contribution in [3.05, 3.63) is 59.7 Å². The molecule has 2 rings (SSSR count). The standard InChI is InChI=1S/C15H15FN2O2/c1-11(18-19)14-10-13(16)2-3-15(14)20-9-6-12-4-7-17-8-5-12/h2-5,7-8,10,19H,6,9H2,1H3/b18-11-. The highest BCUT2D eigenvalue weighted by molar-refractivity contribution is 6.00. The van der Waals surface area contributed by atoms with Gasteiger partial charge < -0.3 is 9.94 Å². The number of rotatable bonds is 5. The number of hydrogen-bond donors (Lipinski definition) is 1. The highest BCUT2D eigenvalue weighted by Crippen LogP contribution is 2.21.